The third-order valence-corrected chi connectivity index (χ3v) is 21.3. The first kappa shape index (κ1) is 64.8. The Bertz CT molecular complexity index is 4200. The largest absolute Gasteiger partial charge is 0.508 e. The van der Waals surface area contributed by atoms with E-state index in [1.54, 1.807) is 71.8 Å². The molecule has 3 aliphatic heterocycles. The van der Waals surface area contributed by atoms with E-state index >= 15 is 4.79 Å². The molecular weight excluding hydrogens is 1310 g/mol. The highest BCUT2D eigenvalue weighted by molar-refractivity contribution is 7.15. The van der Waals surface area contributed by atoms with Gasteiger partial charge in [-0.05, 0) is 55.3 Å². The Labute approximate surface area is 555 Å². The summed E-state index contributed by atoms with van der Waals surface area (Å²) in [5.74, 6) is -4.72. The number of carbonyl (C=O) groups excluding carboxylic acids is 6. The molecule has 2 fully saturated rings. The van der Waals surface area contributed by atoms with Crippen molar-refractivity contribution < 1.29 is 53.6 Å². The number of phenolic OH excluding ortho intramolecular Hbond substituents is 1. The summed E-state index contributed by atoms with van der Waals surface area (Å²) in [6.45, 7) is 7.69. The van der Waals surface area contributed by atoms with Gasteiger partial charge in [-0.1, -0.05) is 49.4 Å². The lowest BCUT2D eigenvalue weighted by atomic mass is 10.00. The number of pyridine rings is 1. The summed E-state index contributed by atoms with van der Waals surface area (Å²) in [5.41, 5.74) is 14.2. The normalized spacial score (nSPS) is 20.5. The van der Waals surface area contributed by atoms with Crippen molar-refractivity contribution >= 4 is 103 Å². The number of aromatic nitrogens is 7. The summed E-state index contributed by atoms with van der Waals surface area (Å²) in [5, 5.41) is 55.7. The number of benzene rings is 2. The maximum Gasteiger partial charge on any atom is 0.271 e. The molecule has 3 aliphatic rings. The Balaban J connectivity index is 0.945. The molecule has 9 aromatic rings. The minimum atomic E-state index is -1.43. The first-order valence-electron chi connectivity index (χ1n) is 29.4. The van der Waals surface area contributed by atoms with Crippen LogP contribution < -0.4 is 32.7 Å². The second-order valence-corrected chi connectivity index (χ2v) is 27.7. The zero-order valence-electron chi connectivity index (χ0n) is 49.7. The Hall–Kier alpha value is -8.25. The number of rotatable bonds is 15. The highest BCUT2D eigenvalue weighted by Gasteiger charge is 2.47. The lowest BCUT2D eigenvalue weighted by molar-refractivity contribution is -0.160. The van der Waals surface area contributed by atoms with Crippen LogP contribution in [0.4, 0.5) is 0 Å². The number of aromatic hydroxyl groups is 1. The predicted octanol–water partition coefficient (Wildman–Crippen LogP) is 6.00. The third kappa shape index (κ3) is 14.8. The summed E-state index contributed by atoms with van der Waals surface area (Å²) < 4.78 is 11.9. The second kappa shape index (κ2) is 28.5. The van der Waals surface area contributed by atoms with Crippen LogP contribution in [0.2, 0.25) is 0 Å². The number of amides is 6. The first-order valence-corrected chi connectivity index (χ1v) is 34.6. The molecule has 1 unspecified atom stereocenters. The summed E-state index contributed by atoms with van der Waals surface area (Å²) in [6.07, 6.45) is -3.33. The molecule has 0 radical (unpaired) electrons. The van der Waals surface area contributed by atoms with E-state index in [0.717, 1.165) is 60.1 Å². The van der Waals surface area contributed by atoms with Gasteiger partial charge in [-0.2, -0.15) is 0 Å². The van der Waals surface area contributed by atoms with Gasteiger partial charge in [0.25, 0.3) is 23.6 Å². The van der Waals surface area contributed by atoms with E-state index in [1.807, 2.05) is 12.3 Å². The molecule has 0 aliphatic carbocycles. The molecule has 7 aromatic heterocycles. The zero-order valence-corrected chi connectivity index (χ0v) is 54.6. The molecule has 10 heterocycles. The number of ether oxygens (including phenoxy) is 2. The topological polar surface area (TPSA) is 378 Å². The molecule has 11 N–H and O–H groups in total. The summed E-state index contributed by atoms with van der Waals surface area (Å²) in [6, 6.07) is 13.7. The van der Waals surface area contributed by atoms with Crippen LogP contribution in [0.15, 0.2) is 93.6 Å². The molecule has 0 saturated carbocycles. The average molecular weight is 1370 g/mol. The molecule has 93 heavy (non-hydrogen) atoms. The van der Waals surface area contributed by atoms with Crippen LogP contribution in [0.25, 0.3) is 43.4 Å². The van der Waals surface area contributed by atoms with E-state index < -0.39 is 90.6 Å². The van der Waals surface area contributed by atoms with Gasteiger partial charge in [-0.15, -0.1) is 68.0 Å². The highest BCUT2D eigenvalue weighted by Crippen LogP contribution is 2.44. The fraction of sp³-hybridized carbons (Fsp3) is 0.328. The van der Waals surface area contributed by atoms with Gasteiger partial charge in [0.15, 0.2) is 0 Å². The predicted molar refractivity (Wildman–Crippen MR) is 349 cm³/mol. The first-order chi connectivity index (χ1) is 44.9. The SMILES string of the molecule is Cc1sc2nc1C(=O)N[C@@H]([C@H](O)c1ccccc1)c1nc(cs1)C(=O)N[C@@H](Cc1ccc(O)cc1)C(=O)N1C[C@H](OC(O)NCCCN3CCOCC3)[C@H](C)[C@H]1c1nc(cs1)-c1nc(cs1)-c1nc(-c3nc(C(N)=O)cs3)ccc1-c1nc(cs1)C(=O)N[C@H]2CC(N)=O. The minimum Gasteiger partial charge on any atom is -0.508 e. The van der Waals surface area contributed by atoms with Crippen LogP contribution in [0.5, 0.6) is 5.75 Å². The van der Waals surface area contributed by atoms with E-state index in [9.17, 15) is 39.3 Å². The van der Waals surface area contributed by atoms with Crippen LogP contribution in [-0.2, 0) is 25.5 Å². The van der Waals surface area contributed by atoms with Crippen molar-refractivity contribution in [2.75, 3.05) is 45.9 Å². The molecule has 6 amide bonds. The number of nitrogens with one attached hydrogen (secondary N) is 4. The molecule has 482 valence electrons. The molecular formula is C61H61N15O11S6. The van der Waals surface area contributed by atoms with Crippen LogP contribution in [-0.4, -0.2) is 160 Å². The van der Waals surface area contributed by atoms with Crippen LogP contribution >= 0.6 is 68.0 Å². The fourth-order valence-electron chi connectivity index (χ4n) is 11.0. The van der Waals surface area contributed by atoms with Gasteiger partial charge in [-0.25, -0.2) is 34.9 Å². The van der Waals surface area contributed by atoms with E-state index in [1.165, 1.54) is 62.3 Å². The van der Waals surface area contributed by atoms with E-state index in [-0.39, 0.29) is 51.5 Å². The van der Waals surface area contributed by atoms with Crippen molar-refractivity contribution in [2.24, 2.45) is 17.4 Å². The number of hydrogen-bond acceptors (Lipinski definition) is 26. The number of aliphatic hydroxyl groups excluding tert-OH is 2. The number of hydrogen-bond donors (Lipinski definition) is 9. The van der Waals surface area contributed by atoms with Crippen molar-refractivity contribution in [3.63, 3.8) is 0 Å². The lowest BCUT2D eigenvalue weighted by Gasteiger charge is -2.29. The quantitative estimate of drug-likeness (QED) is 0.0419. The van der Waals surface area contributed by atoms with Gasteiger partial charge in [0.05, 0.1) is 43.5 Å². The number of phenols is 1. The molecule has 32 heteroatoms. The Morgan fingerprint density at radius 2 is 1.38 bits per heavy atom. The standard InChI is InChI=1S/C61H61N15O11S6/c1-29-43(87-61(85)64-15-6-16-75-17-19-86-20-18-75)23-76-48(29)59-72-42(28-92-59)56-68-38(24-89-56)46-34(13-14-35(65-46)55-69-39(25-90-55)50(63)80)54-70-40(26-88-54)51(81)66-36(22-44(62)78)57-74-45(30(2)93-57)53(83)73-47(49(79)32-7-4-3-5-8-32)58-71-41(27-91-58)52(82)67-37(60(76)84)21-31-9-11-33(77)12-10-31/h3-5,7-14,24-29,36-37,43,47-49,61,64,77,79,85H,6,15-23H2,1-2H3,(H2,62,78)(H2,63,80)(H,66,81)(H,67,82)(H,73,83)/t29-,36-,37-,43-,47-,48-,49+,61?/m0/s1. The van der Waals surface area contributed by atoms with Crippen molar-refractivity contribution in [2.45, 2.75) is 75.9 Å². The lowest BCUT2D eigenvalue weighted by Crippen LogP contribution is -2.50. The van der Waals surface area contributed by atoms with Crippen molar-refractivity contribution in [1.29, 1.82) is 0 Å². The monoisotopic (exact) mass is 1370 g/mol. The zero-order chi connectivity index (χ0) is 65.0. The number of nitrogens with zero attached hydrogens (tertiary/aromatic N) is 9. The number of nitrogens with two attached hydrogens (primary N) is 2. The smallest absolute Gasteiger partial charge is 0.271 e. The van der Waals surface area contributed by atoms with E-state index in [0.29, 0.717) is 84.1 Å². The molecule has 26 nitrogen and oxygen atoms in total. The molecule has 8 atom stereocenters. The molecule has 0 spiro atoms. The Morgan fingerprint density at radius 3 is 2.13 bits per heavy atom. The van der Waals surface area contributed by atoms with E-state index in [2.05, 4.69) is 36.1 Å². The maximum atomic E-state index is 15.7. The van der Waals surface area contributed by atoms with Gasteiger partial charge in [0.1, 0.15) is 93.8 Å². The Kier molecular flexibility index (Phi) is 19.9. The number of thiazole rings is 6. The van der Waals surface area contributed by atoms with E-state index in [4.69, 9.17) is 45.9 Å². The summed E-state index contributed by atoms with van der Waals surface area (Å²) in [7, 11) is 0. The van der Waals surface area contributed by atoms with Gasteiger partial charge in [0.2, 0.25) is 18.2 Å². The fourth-order valence-corrected chi connectivity index (χ4v) is 16.3. The molecule has 10 bridgehead atoms. The van der Waals surface area contributed by atoms with Gasteiger partial charge < -0.3 is 57.1 Å². The number of fused-ring (bicyclic) bond motifs is 16. The second-order valence-electron chi connectivity index (χ2n) is 22.2. The third-order valence-electron chi connectivity index (χ3n) is 15.8. The summed E-state index contributed by atoms with van der Waals surface area (Å²) >= 11 is 6.90. The highest BCUT2D eigenvalue weighted by atomic mass is 32.1. The number of carbonyl (C=O) groups is 6. The average Bonchev–Trinajstić information content (AvgIpc) is 1.63. The number of morpholine rings is 1. The van der Waals surface area contributed by atoms with Crippen LogP contribution in [0.1, 0.15) is 117 Å². The molecule has 12 rings (SSSR count). The van der Waals surface area contributed by atoms with Gasteiger partial charge >= 0.3 is 0 Å². The van der Waals surface area contributed by atoms with Crippen LogP contribution in [0, 0.1) is 12.8 Å². The van der Waals surface area contributed by atoms with Crippen molar-refractivity contribution in [3.8, 4) is 49.1 Å². The Morgan fingerprint density at radius 1 is 0.710 bits per heavy atom. The van der Waals surface area contributed by atoms with Gasteiger partial charge in [-0.3, -0.25) is 39.0 Å². The van der Waals surface area contributed by atoms with Gasteiger partial charge in [0, 0.05) is 75.9 Å². The maximum absolute atomic E-state index is 15.7. The molecule has 2 aromatic carbocycles. The van der Waals surface area contributed by atoms with Crippen molar-refractivity contribution in [3.05, 3.63) is 147 Å². The number of primary amides is 2. The summed E-state index contributed by atoms with van der Waals surface area (Å²) in [4.78, 5) is 122. The molecule has 2 saturated heterocycles. The minimum absolute atomic E-state index is 0.0106. The number of aliphatic hydroxyl groups is 2. The van der Waals surface area contributed by atoms with Crippen molar-refractivity contribution in [1.82, 2.24) is 66.0 Å². The number of aryl methyl sites for hydroxylation is 1. The van der Waals surface area contributed by atoms with Crippen LogP contribution in [0.3, 0.4) is 0 Å².